The van der Waals surface area contributed by atoms with E-state index in [4.69, 9.17) is 9.57 Å². The summed E-state index contributed by atoms with van der Waals surface area (Å²) in [6.07, 6.45) is 2.37. The van der Waals surface area contributed by atoms with Gasteiger partial charge in [-0.3, -0.25) is 4.79 Å². The zero-order valence-electron chi connectivity index (χ0n) is 7.51. The van der Waals surface area contributed by atoms with Gasteiger partial charge in [0.25, 0.3) is 0 Å². The van der Waals surface area contributed by atoms with Crippen molar-refractivity contribution >= 4 is 11.3 Å². The largest absolute Gasteiger partial charge is 0.492 e. The lowest BCUT2D eigenvalue weighted by Crippen LogP contribution is -2.34. The van der Waals surface area contributed by atoms with Crippen molar-refractivity contribution < 1.29 is 14.7 Å². The topological polar surface area (TPSA) is 60.7 Å². The van der Waals surface area contributed by atoms with Crippen LogP contribution in [0.4, 0.5) is 0 Å². The Hall–Kier alpha value is -1.01. The minimum atomic E-state index is -0.415. The molecule has 0 amide bonds. The molecular formula is C8H11NO4S. The molecule has 1 aliphatic heterocycles. The highest BCUT2D eigenvalue weighted by Crippen LogP contribution is 2.14. The molecule has 2 heterocycles. The highest BCUT2D eigenvalue weighted by molar-refractivity contribution is 7.07. The molecule has 2 rings (SSSR count). The molecule has 6 heteroatoms. The van der Waals surface area contributed by atoms with Crippen LogP contribution in [0.15, 0.2) is 10.2 Å². The zero-order valence-corrected chi connectivity index (χ0v) is 8.33. The molecule has 0 aromatic carbocycles. The molecule has 1 atom stereocenters. The first-order valence-corrected chi connectivity index (χ1v) is 5.33. The van der Waals surface area contributed by atoms with E-state index in [1.165, 1.54) is 5.38 Å². The fraction of sp³-hybridized carbons (Fsp3) is 0.625. The van der Waals surface area contributed by atoms with Crippen molar-refractivity contribution in [1.29, 1.82) is 0 Å². The molecule has 1 aromatic heterocycles. The van der Waals surface area contributed by atoms with Crippen molar-refractivity contribution in [3.63, 3.8) is 0 Å². The van der Waals surface area contributed by atoms with Crippen molar-refractivity contribution in [2.75, 3.05) is 6.61 Å². The lowest BCUT2D eigenvalue weighted by Gasteiger charge is -2.22. The second-order valence-corrected chi connectivity index (χ2v) is 3.88. The Balaban J connectivity index is 2.06. The number of nitrogens with zero attached hydrogens (tertiary/aromatic N) is 1. The van der Waals surface area contributed by atoms with E-state index < -0.39 is 6.29 Å². The first-order chi connectivity index (χ1) is 6.77. The van der Waals surface area contributed by atoms with Gasteiger partial charge in [-0.05, 0) is 12.8 Å². The summed E-state index contributed by atoms with van der Waals surface area (Å²) in [5.74, 6) is -0.172. The molecule has 1 aromatic rings. The molecule has 1 unspecified atom stereocenters. The SMILES string of the molecule is O=c1scc(O)n1OC1CCCCO1. The van der Waals surface area contributed by atoms with E-state index in [-0.39, 0.29) is 10.8 Å². The molecule has 1 fully saturated rings. The van der Waals surface area contributed by atoms with Crippen molar-refractivity contribution in [3.05, 3.63) is 15.0 Å². The summed E-state index contributed by atoms with van der Waals surface area (Å²) >= 11 is 0.896. The van der Waals surface area contributed by atoms with E-state index in [0.717, 1.165) is 35.3 Å². The Morgan fingerprint density at radius 3 is 3.07 bits per heavy atom. The molecule has 0 bridgehead atoms. The fourth-order valence-corrected chi connectivity index (χ4v) is 1.84. The summed E-state index contributed by atoms with van der Waals surface area (Å²) in [5.41, 5.74) is 0. The van der Waals surface area contributed by atoms with Gasteiger partial charge in [0.1, 0.15) is 0 Å². The minimum absolute atomic E-state index is 0.172. The second kappa shape index (κ2) is 4.02. The maximum absolute atomic E-state index is 11.2. The van der Waals surface area contributed by atoms with Crippen LogP contribution in [0.25, 0.3) is 0 Å². The molecule has 0 aliphatic carbocycles. The summed E-state index contributed by atoms with van der Waals surface area (Å²) in [6.45, 7) is 0.643. The lowest BCUT2D eigenvalue weighted by atomic mass is 10.2. The van der Waals surface area contributed by atoms with Crippen molar-refractivity contribution in [2.45, 2.75) is 25.6 Å². The normalized spacial score (nSPS) is 22.1. The predicted octanol–water partition coefficient (Wildman–Crippen LogP) is 0.571. The van der Waals surface area contributed by atoms with Crippen LogP contribution in [0.5, 0.6) is 5.88 Å². The molecule has 1 N–H and O–H groups in total. The number of hydrogen-bond donors (Lipinski definition) is 1. The van der Waals surface area contributed by atoms with Gasteiger partial charge >= 0.3 is 4.87 Å². The van der Waals surface area contributed by atoms with Crippen molar-refractivity contribution in [2.24, 2.45) is 0 Å². The molecule has 5 nitrogen and oxygen atoms in total. The molecule has 14 heavy (non-hydrogen) atoms. The maximum Gasteiger partial charge on any atom is 0.343 e. The molecule has 78 valence electrons. The highest BCUT2D eigenvalue weighted by Gasteiger charge is 2.18. The Bertz CT molecular complexity index is 352. The number of ether oxygens (including phenoxy) is 1. The van der Waals surface area contributed by atoms with Gasteiger partial charge in [0, 0.05) is 6.42 Å². The average molecular weight is 217 g/mol. The number of aromatic hydroxyl groups is 1. The number of hydrogen-bond acceptors (Lipinski definition) is 5. The minimum Gasteiger partial charge on any atom is -0.492 e. The Morgan fingerprint density at radius 2 is 2.50 bits per heavy atom. The lowest BCUT2D eigenvalue weighted by molar-refractivity contribution is -0.168. The van der Waals surface area contributed by atoms with Crippen LogP contribution in [-0.2, 0) is 4.74 Å². The van der Waals surface area contributed by atoms with Gasteiger partial charge in [-0.1, -0.05) is 16.1 Å². The van der Waals surface area contributed by atoms with Crippen LogP contribution in [0.2, 0.25) is 0 Å². The van der Waals surface area contributed by atoms with Gasteiger partial charge in [0.15, 0.2) is 0 Å². The van der Waals surface area contributed by atoms with Crippen LogP contribution < -0.4 is 9.71 Å². The van der Waals surface area contributed by atoms with Gasteiger partial charge in [0.2, 0.25) is 12.2 Å². The summed E-state index contributed by atoms with van der Waals surface area (Å²) in [4.78, 5) is 16.0. The summed E-state index contributed by atoms with van der Waals surface area (Å²) in [5, 5.41) is 10.6. The van der Waals surface area contributed by atoms with Gasteiger partial charge in [0.05, 0.1) is 12.0 Å². The molecule has 0 saturated carbocycles. The third-order valence-corrected chi connectivity index (χ3v) is 2.70. The van der Waals surface area contributed by atoms with E-state index >= 15 is 0 Å². The molecule has 0 spiro atoms. The van der Waals surface area contributed by atoms with Crippen LogP contribution in [0.1, 0.15) is 19.3 Å². The predicted molar refractivity (Wildman–Crippen MR) is 50.4 cm³/mol. The smallest absolute Gasteiger partial charge is 0.343 e. The first-order valence-electron chi connectivity index (χ1n) is 4.45. The van der Waals surface area contributed by atoms with Crippen molar-refractivity contribution in [3.8, 4) is 5.88 Å². The van der Waals surface area contributed by atoms with Gasteiger partial charge in [-0.2, -0.15) is 0 Å². The molecule has 1 saturated heterocycles. The Kier molecular flexibility index (Phi) is 2.74. The third-order valence-electron chi connectivity index (χ3n) is 2.00. The third kappa shape index (κ3) is 1.91. The Labute approximate surface area is 84.5 Å². The van der Waals surface area contributed by atoms with E-state index in [2.05, 4.69) is 0 Å². The van der Waals surface area contributed by atoms with Gasteiger partial charge in [-0.25, -0.2) is 0 Å². The van der Waals surface area contributed by atoms with Crippen LogP contribution in [-0.4, -0.2) is 22.7 Å². The van der Waals surface area contributed by atoms with Crippen LogP contribution in [0, 0.1) is 0 Å². The monoisotopic (exact) mass is 217 g/mol. The quantitative estimate of drug-likeness (QED) is 0.786. The zero-order chi connectivity index (χ0) is 9.97. The highest BCUT2D eigenvalue weighted by atomic mass is 32.1. The number of aromatic nitrogens is 1. The second-order valence-electron chi connectivity index (χ2n) is 3.06. The summed E-state index contributed by atoms with van der Waals surface area (Å²) in [6, 6.07) is 0. The standard InChI is InChI=1S/C8H11NO4S/c10-6-5-14-8(11)9(6)13-7-3-1-2-4-12-7/h5,7,10H,1-4H2. The molecule has 0 radical (unpaired) electrons. The van der Waals surface area contributed by atoms with Crippen molar-refractivity contribution in [1.82, 2.24) is 4.73 Å². The Morgan fingerprint density at radius 1 is 1.64 bits per heavy atom. The van der Waals surface area contributed by atoms with E-state index in [1.54, 1.807) is 0 Å². The first kappa shape index (κ1) is 9.54. The van der Waals surface area contributed by atoms with E-state index in [0.29, 0.717) is 6.61 Å². The van der Waals surface area contributed by atoms with E-state index in [1.807, 2.05) is 0 Å². The van der Waals surface area contributed by atoms with E-state index in [9.17, 15) is 9.90 Å². The van der Waals surface area contributed by atoms with Crippen LogP contribution >= 0.6 is 11.3 Å². The van der Waals surface area contributed by atoms with Gasteiger partial charge in [-0.15, -0.1) is 0 Å². The summed E-state index contributed by atoms with van der Waals surface area (Å²) in [7, 11) is 0. The average Bonchev–Trinajstić information content (AvgIpc) is 2.51. The molecular weight excluding hydrogens is 206 g/mol. The number of rotatable bonds is 2. The molecule has 1 aliphatic rings. The van der Waals surface area contributed by atoms with Gasteiger partial charge < -0.3 is 14.7 Å². The fourth-order valence-electron chi connectivity index (χ4n) is 1.30. The maximum atomic E-state index is 11.2. The summed E-state index contributed by atoms with van der Waals surface area (Å²) < 4.78 is 6.15. The number of thiazole rings is 1. The van der Waals surface area contributed by atoms with Crippen LogP contribution in [0.3, 0.4) is 0 Å².